The van der Waals surface area contributed by atoms with Crippen molar-refractivity contribution in [1.29, 1.82) is 0 Å². The molecule has 0 amide bonds. The highest BCUT2D eigenvalue weighted by atomic mass is 35.5. The molecule has 3 aromatic rings. The Morgan fingerprint density at radius 3 is 2.71 bits per heavy atom. The van der Waals surface area contributed by atoms with Crippen LogP contribution in [0.5, 0.6) is 11.5 Å². The molecule has 0 atom stereocenters. The van der Waals surface area contributed by atoms with Gasteiger partial charge in [0, 0.05) is 16.0 Å². The summed E-state index contributed by atoms with van der Waals surface area (Å²) in [6.45, 7) is -0.640. The number of hydrogen-bond acceptors (Lipinski definition) is 6. The van der Waals surface area contributed by atoms with E-state index in [-0.39, 0.29) is 12.2 Å². The molecule has 2 aromatic heterocycles. The fourth-order valence-electron chi connectivity index (χ4n) is 1.99. The lowest BCUT2D eigenvalue weighted by atomic mass is 10.1. The van der Waals surface area contributed by atoms with Gasteiger partial charge >= 0.3 is 0 Å². The van der Waals surface area contributed by atoms with E-state index in [1.165, 1.54) is 30.1 Å². The Kier molecular flexibility index (Phi) is 5.12. The molecule has 5 nitrogen and oxygen atoms in total. The van der Waals surface area contributed by atoms with Crippen molar-refractivity contribution in [2.45, 2.75) is 13.1 Å². The second-order valence-corrected chi connectivity index (χ2v) is 6.20. The Morgan fingerprint density at radius 1 is 1.21 bits per heavy atom. The summed E-state index contributed by atoms with van der Waals surface area (Å²) in [5.74, 6) is 0.668. The van der Waals surface area contributed by atoms with Crippen LogP contribution in [0.15, 0.2) is 42.3 Å². The van der Waals surface area contributed by atoms with Gasteiger partial charge in [-0.25, -0.2) is 19.3 Å². The van der Waals surface area contributed by atoms with Gasteiger partial charge in [0.05, 0.1) is 24.5 Å². The number of ether oxygens (including phenoxy) is 1. The maximum Gasteiger partial charge on any atom is 0.169 e. The molecule has 0 aliphatic heterocycles. The summed E-state index contributed by atoms with van der Waals surface area (Å²) in [6.07, 6.45) is 4.48. The average molecular weight is 364 g/mol. The molecule has 0 bridgehead atoms. The Bertz CT molecular complexity index is 858. The van der Waals surface area contributed by atoms with E-state index >= 15 is 0 Å². The molecular weight excluding hydrogens is 353 g/mol. The standard InChI is InChI=1S/C16H11ClFN3O2S/c17-11-1-10(15(22)4-16-21-12(5-18)8-24-16)2-13(3-11)23-14-6-19-9-20-7-14/h1-3,6-9H,4-5H2. The molecule has 122 valence electrons. The Morgan fingerprint density at radius 2 is 2.00 bits per heavy atom. The van der Waals surface area contributed by atoms with Crippen molar-refractivity contribution >= 4 is 28.7 Å². The molecule has 2 heterocycles. The predicted octanol–water partition coefficient (Wildman–Crippen LogP) is 4.27. The van der Waals surface area contributed by atoms with E-state index in [0.29, 0.717) is 32.8 Å². The topological polar surface area (TPSA) is 65.0 Å². The van der Waals surface area contributed by atoms with Crippen LogP contribution < -0.4 is 4.74 Å². The highest BCUT2D eigenvalue weighted by Crippen LogP contribution is 2.26. The Labute approximate surface area is 146 Å². The monoisotopic (exact) mass is 363 g/mol. The first-order chi connectivity index (χ1) is 11.6. The van der Waals surface area contributed by atoms with E-state index in [9.17, 15) is 9.18 Å². The van der Waals surface area contributed by atoms with Gasteiger partial charge in [0.15, 0.2) is 11.5 Å². The second kappa shape index (κ2) is 7.46. The summed E-state index contributed by atoms with van der Waals surface area (Å²) < 4.78 is 18.1. The molecular formula is C16H11ClFN3O2S. The first-order valence-electron chi connectivity index (χ1n) is 6.90. The van der Waals surface area contributed by atoms with Crippen LogP contribution in [-0.4, -0.2) is 20.7 Å². The summed E-state index contributed by atoms with van der Waals surface area (Å²) in [4.78, 5) is 24.2. The van der Waals surface area contributed by atoms with Crippen LogP contribution in [0, 0.1) is 0 Å². The summed E-state index contributed by atoms with van der Waals surface area (Å²) in [5.41, 5.74) is 0.730. The molecule has 0 spiro atoms. The molecule has 3 rings (SSSR count). The summed E-state index contributed by atoms with van der Waals surface area (Å²) >= 11 is 7.32. The van der Waals surface area contributed by atoms with Crippen LogP contribution in [0.25, 0.3) is 0 Å². The van der Waals surface area contributed by atoms with Crippen LogP contribution in [0.1, 0.15) is 21.1 Å². The van der Waals surface area contributed by atoms with Crippen molar-refractivity contribution in [3.63, 3.8) is 0 Å². The van der Waals surface area contributed by atoms with Gasteiger partial charge in [-0.05, 0) is 18.2 Å². The lowest BCUT2D eigenvalue weighted by molar-refractivity contribution is 0.0992. The van der Waals surface area contributed by atoms with Crippen molar-refractivity contribution in [2.24, 2.45) is 0 Å². The van der Waals surface area contributed by atoms with Crippen LogP contribution in [0.4, 0.5) is 4.39 Å². The third-order valence-electron chi connectivity index (χ3n) is 3.01. The van der Waals surface area contributed by atoms with Gasteiger partial charge in [-0.1, -0.05) is 11.6 Å². The van der Waals surface area contributed by atoms with Crippen molar-refractivity contribution in [3.05, 3.63) is 63.6 Å². The van der Waals surface area contributed by atoms with Crippen molar-refractivity contribution in [3.8, 4) is 11.5 Å². The number of halogens is 2. The third kappa shape index (κ3) is 4.12. The maximum absolute atomic E-state index is 12.5. The maximum atomic E-state index is 12.5. The number of Topliss-reactive ketones (excluding diaryl/α,β-unsaturated/α-hetero) is 1. The number of aromatic nitrogens is 3. The van der Waals surface area contributed by atoms with E-state index in [4.69, 9.17) is 16.3 Å². The van der Waals surface area contributed by atoms with Gasteiger partial charge in [-0.3, -0.25) is 4.79 Å². The van der Waals surface area contributed by atoms with Crippen LogP contribution in [0.2, 0.25) is 5.02 Å². The van der Waals surface area contributed by atoms with Gasteiger partial charge in [0.25, 0.3) is 0 Å². The first-order valence-corrected chi connectivity index (χ1v) is 8.15. The highest BCUT2D eigenvalue weighted by Gasteiger charge is 2.13. The summed E-state index contributed by atoms with van der Waals surface area (Å²) in [5, 5.41) is 2.53. The summed E-state index contributed by atoms with van der Waals surface area (Å²) in [7, 11) is 0. The number of benzene rings is 1. The molecule has 0 aliphatic carbocycles. The van der Waals surface area contributed by atoms with E-state index < -0.39 is 6.67 Å². The molecule has 0 N–H and O–H groups in total. The zero-order valence-electron chi connectivity index (χ0n) is 12.3. The minimum atomic E-state index is -0.640. The lowest BCUT2D eigenvalue weighted by Gasteiger charge is -2.07. The van der Waals surface area contributed by atoms with Crippen LogP contribution in [0.3, 0.4) is 0 Å². The molecule has 0 aliphatic rings. The van der Waals surface area contributed by atoms with E-state index in [0.717, 1.165) is 0 Å². The number of carbonyl (C=O) groups excluding carboxylic acids is 1. The van der Waals surface area contributed by atoms with Crippen molar-refractivity contribution in [2.75, 3.05) is 0 Å². The largest absolute Gasteiger partial charge is 0.454 e. The fourth-order valence-corrected chi connectivity index (χ4v) is 2.98. The number of alkyl halides is 1. The Hall–Kier alpha value is -2.38. The van der Waals surface area contributed by atoms with Crippen molar-refractivity contribution in [1.82, 2.24) is 15.0 Å². The van der Waals surface area contributed by atoms with E-state index in [1.54, 1.807) is 23.6 Å². The van der Waals surface area contributed by atoms with Gasteiger partial charge in [-0.2, -0.15) is 0 Å². The minimum absolute atomic E-state index is 0.0822. The molecule has 8 heteroatoms. The van der Waals surface area contributed by atoms with Crippen LogP contribution in [-0.2, 0) is 13.1 Å². The molecule has 24 heavy (non-hydrogen) atoms. The quantitative estimate of drug-likeness (QED) is 0.612. The summed E-state index contributed by atoms with van der Waals surface area (Å²) in [6, 6.07) is 4.74. The smallest absolute Gasteiger partial charge is 0.169 e. The predicted molar refractivity (Wildman–Crippen MR) is 88.5 cm³/mol. The molecule has 0 saturated heterocycles. The zero-order chi connectivity index (χ0) is 16.9. The zero-order valence-corrected chi connectivity index (χ0v) is 13.9. The van der Waals surface area contributed by atoms with Crippen molar-refractivity contribution < 1.29 is 13.9 Å². The molecule has 1 aromatic carbocycles. The minimum Gasteiger partial charge on any atom is -0.454 e. The third-order valence-corrected chi connectivity index (χ3v) is 4.13. The first kappa shape index (κ1) is 16.5. The van der Waals surface area contributed by atoms with E-state index in [1.807, 2.05) is 0 Å². The van der Waals surface area contributed by atoms with Gasteiger partial charge in [0.1, 0.15) is 23.8 Å². The van der Waals surface area contributed by atoms with Gasteiger partial charge in [0.2, 0.25) is 0 Å². The molecule has 0 saturated carbocycles. The molecule has 0 radical (unpaired) electrons. The lowest BCUT2D eigenvalue weighted by Crippen LogP contribution is -2.04. The Balaban J connectivity index is 1.78. The number of rotatable bonds is 6. The number of hydrogen-bond donors (Lipinski definition) is 0. The van der Waals surface area contributed by atoms with Crippen LogP contribution >= 0.6 is 22.9 Å². The SMILES string of the molecule is O=C(Cc1nc(CF)cs1)c1cc(Cl)cc(Oc2cncnc2)c1. The van der Waals surface area contributed by atoms with Gasteiger partial charge < -0.3 is 4.74 Å². The number of carbonyl (C=O) groups is 1. The number of nitrogens with zero attached hydrogens (tertiary/aromatic N) is 3. The number of thiazole rings is 1. The fraction of sp³-hybridized carbons (Fsp3) is 0.125. The number of ketones is 1. The highest BCUT2D eigenvalue weighted by molar-refractivity contribution is 7.09. The average Bonchev–Trinajstić information content (AvgIpc) is 3.03. The molecule has 0 fully saturated rings. The van der Waals surface area contributed by atoms with Gasteiger partial charge in [-0.15, -0.1) is 11.3 Å². The van der Waals surface area contributed by atoms with E-state index in [2.05, 4.69) is 15.0 Å². The second-order valence-electron chi connectivity index (χ2n) is 4.82. The molecule has 0 unspecified atom stereocenters. The normalized spacial score (nSPS) is 10.6.